The molecule has 1 fully saturated rings. The summed E-state index contributed by atoms with van der Waals surface area (Å²) < 4.78 is 0.679. The summed E-state index contributed by atoms with van der Waals surface area (Å²) in [5, 5.41) is 23.5. The maximum atomic E-state index is 12.3. The molecular formula is C20H20N3NaO4S2. The number of aliphatic hydroxyl groups excluding tert-OH is 1. The molecule has 7 nitrogen and oxygen atoms in total. The number of thiazole rings is 1. The van der Waals surface area contributed by atoms with Crippen molar-refractivity contribution in [3.8, 4) is 11.3 Å². The Balaban J connectivity index is 0.00000104. The molecule has 0 bridgehead atoms. The molecule has 0 spiro atoms. The largest absolute Gasteiger partial charge is 1.00 e. The predicted molar refractivity (Wildman–Crippen MR) is 109 cm³/mol. The molecule has 2 aliphatic heterocycles. The Hall–Kier alpha value is -1.49. The Labute approximate surface area is 205 Å². The number of aromatic nitrogens is 2. The normalized spacial score (nSPS) is 23.0. The number of carbonyl (C=O) groups is 2. The minimum absolute atomic E-state index is 0. The zero-order valence-corrected chi connectivity index (χ0v) is 20.6. The molecular weight excluding hydrogens is 433 g/mol. The minimum Gasteiger partial charge on any atom is -0.543 e. The van der Waals surface area contributed by atoms with E-state index in [0.717, 1.165) is 11.3 Å². The second-order valence-electron chi connectivity index (χ2n) is 6.60. The van der Waals surface area contributed by atoms with Crippen LogP contribution in [0, 0.1) is 11.8 Å². The summed E-state index contributed by atoms with van der Waals surface area (Å²) in [6.07, 6.45) is 2.57. The molecule has 152 valence electrons. The summed E-state index contributed by atoms with van der Waals surface area (Å²) in [4.78, 5) is 34.5. The zero-order chi connectivity index (χ0) is 21.3. The first kappa shape index (κ1) is 24.8. The van der Waals surface area contributed by atoms with Gasteiger partial charge in [0, 0.05) is 34.2 Å². The number of carboxylic acids is 1. The number of rotatable bonds is 5. The van der Waals surface area contributed by atoms with Gasteiger partial charge in [-0.1, -0.05) is 18.7 Å². The van der Waals surface area contributed by atoms with Gasteiger partial charge in [0.15, 0.2) is 4.34 Å². The van der Waals surface area contributed by atoms with Crippen LogP contribution in [0.4, 0.5) is 0 Å². The number of fused-ring (bicyclic) bond motifs is 1. The molecule has 2 aliphatic rings. The summed E-state index contributed by atoms with van der Waals surface area (Å²) in [6.45, 7) is 9.42. The van der Waals surface area contributed by atoms with Gasteiger partial charge in [0.05, 0.1) is 35.4 Å². The summed E-state index contributed by atoms with van der Waals surface area (Å²) in [7, 11) is 0. The zero-order valence-electron chi connectivity index (χ0n) is 16.9. The number of nitrogens with zero attached hydrogens (tertiary/aromatic N) is 3. The van der Waals surface area contributed by atoms with E-state index in [9.17, 15) is 19.8 Å². The van der Waals surface area contributed by atoms with Crippen molar-refractivity contribution in [3.63, 3.8) is 0 Å². The fourth-order valence-electron chi connectivity index (χ4n) is 3.69. The first-order chi connectivity index (χ1) is 13.9. The van der Waals surface area contributed by atoms with E-state index in [1.165, 1.54) is 28.0 Å². The van der Waals surface area contributed by atoms with Gasteiger partial charge in [-0.25, -0.2) is 4.98 Å². The fraction of sp³-hybridized carbons (Fsp3) is 0.300. The van der Waals surface area contributed by atoms with Gasteiger partial charge < -0.3 is 19.9 Å². The number of pyridine rings is 1. The van der Waals surface area contributed by atoms with E-state index in [4.69, 9.17) is 0 Å². The number of thioether (sulfide) groups is 1. The number of β-lactam (4-membered cyclic amide) rings is 1. The Bertz CT molecular complexity index is 964. The molecule has 0 radical (unpaired) electrons. The van der Waals surface area contributed by atoms with Crippen LogP contribution in [0.5, 0.6) is 0 Å². The Kier molecular flexibility index (Phi) is 8.43. The predicted octanol–water partition coefficient (Wildman–Crippen LogP) is -1.08. The van der Waals surface area contributed by atoms with E-state index in [1.54, 1.807) is 19.3 Å². The quantitative estimate of drug-likeness (QED) is 0.349. The number of carboxylic acid groups (broad SMARTS) is 1. The van der Waals surface area contributed by atoms with Gasteiger partial charge in [-0.05, 0) is 19.1 Å². The van der Waals surface area contributed by atoms with Crippen molar-refractivity contribution in [2.45, 2.75) is 30.3 Å². The van der Waals surface area contributed by atoms with Crippen LogP contribution in [0.3, 0.4) is 0 Å². The Morgan fingerprint density at radius 1 is 1.43 bits per heavy atom. The molecule has 1 N–H and O–H groups in total. The molecule has 0 aromatic carbocycles. The third kappa shape index (κ3) is 4.28. The van der Waals surface area contributed by atoms with Crippen molar-refractivity contribution in [2.24, 2.45) is 11.8 Å². The second kappa shape index (κ2) is 10.2. The summed E-state index contributed by atoms with van der Waals surface area (Å²) in [5.74, 6) is -2.55. The van der Waals surface area contributed by atoms with Crippen molar-refractivity contribution in [1.29, 1.82) is 0 Å². The van der Waals surface area contributed by atoms with Gasteiger partial charge in [0.1, 0.15) is 0 Å². The van der Waals surface area contributed by atoms with Crippen LogP contribution in [0.2, 0.25) is 0 Å². The van der Waals surface area contributed by atoms with Crippen LogP contribution in [0.25, 0.3) is 11.3 Å². The van der Waals surface area contributed by atoms with Gasteiger partial charge >= 0.3 is 29.6 Å². The smallest absolute Gasteiger partial charge is 0.543 e. The molecule has 1 amide bonds. The number of amides is 1. The molecule has 4 heterocycles. The molecule has 2 aromatic rings. The van der Waals surface area contributed by atoms with Crippen molar-refractivity contribution >= 4 is 35.0 Å². The molecule has 0 saturated carbocycles. The van der Waals surface area contributed by atoms with E-state index in [2.05, 4.69) is 23.1 Å². The van der Waals surface area contributed by atoms with Crippen LogP contribution < -0.4 is 34.7 Å². The van der Waals surface area contributed by atoms with Crippen molar-refractivity contribution in [1.82, 2.24) is 14.9 Å². The van der Waals surface area contributed by atoms with Gasteiger partial charge in [-0.3, -0.25) is 9.78 Å². The molecule has 1 unspecified atom stereocenters. The first-order valence-corrected chi connectivity index (χ1v) is 10.6. The van der Waals surface area contributed by atoms with Crippen molar-refractivity contribution in [2.75, 3.05) is 0 Å². The SMILES string of the molecule is C=C.C[C@H]1C(Sc2nc(-c3cccnc3)cs2)=C(C(=O)[O-])N2C(=O)[C@H]([C@@H](C)O)C12.[Na+]. The Morgan fingerprint density at radius 2 is 2.13 bits per heavy atom. The Morgan fingerprint density at radius 3 is 2.70 bits per heavy atom. The standard InChI is InChI=1S/C18H17N3O4S2.C2H4.Na/c1-8-13-12(9(2)22)16(23)21(13)14(17(24)25)15(8)27-18-20-11(7-26-18)10-4-3-5-19-6-10;1-2;/h3-9,12-13,22H,1-2H3,(H,24,25);1-2H2;/q;;+1/p-1/t8-,9-,12-,13?;;/m1../s1. The van der Waals surface area contributed by atoms with Crippen molar-refractivity contribution in [3.05, 3.63) is 53.7 Å². The minimum atomic E-state index is -1.38. The first-order valence-electron chi connectivity index (χ1n) is 8.90. The number of hydrogen-bond donors (Lipinski definition) is 1. The number of aliphatic hydroxyl groups is 1. The van der Waals surface area contributed by atoms with Crippen LogP contribution in [0.1, 0.15) is 13.8 Å². The summed E-state index contributed by atoms with van der Waals surface area (Å²) >= 11 is 2.65. The summed E-state index contributed by atoms with van der Waals surface area (Å²) in [5.41, 5.74) is 1.54. The number of aliphatic carboxylic acids is 1. The van der Waals surface area contributed by atoms with Crippen LogP contribution in [-0.2, 0) is 9.59 Å². The van der Waals surface area contributed by atoms with Crippen molar-refractivity contribution < 1.29 is 49.4 Å². The molecule has 10 heteroatoms. The fourth-order valence-corrected chi connectivity index (χ4v) is 5.79. The van der Waals surface area contributed by atoms with Gasteiger partial charge in [-0.15, -0.1) is 24.5 Å². The number of carbonyl (C=O) groups excluding carboxylic acids is 2. The summed E-state index contributed by atoms with van der Waals surface area (Å²) in [6, 6.07) is 3.37. The molecule has 1 saturated heterocycles. The third-order valence-corrected chi connectivity index (χ3v) is 7.16. The maximum absolute atomic E-state index is 12.3. The molecule has 2 aromatic heterocycles. The van der Waals surface area contributed by atoms with E-state index in [-0.39, 0.29) is 53.1 Å². The monoisotopic (exact) mass is 453 g/mol. The van der Waals surface area contributed by atoms with Gasteiger partial charge in [0.25, 0.3) is 0 Å². The van der Waals surface area contributed by atoms with Crippen LogP contribution in [-0.4, -0.2) is 44.0 Å². The number of hydrogen-bond acceptors (Lipinski definition) is 8. The van der Waals surface area contributed by atoms with Gasteiger partial charge in [-0.2, -0.15) is 0 Å². The average Bonchev–Trinajstić information content (AvgIpc) is 3.26. The van der Waals surface area contributed by atoms with E-state index < -0.39 is 18.0 Å². The molecule has 0 aliphatic carbocycles. The van der Waals surface area contributed by atoms with Gasteiger partial charge in [0.2, 0.25) is 5.91 Å². The maximum Gasteiger partial charge on any atom is 1.00 e. The van der Waals surface area contributed by atoms with E-state index in [0.29, 0.717) is 9.24 Å². The van der Waals surface area contributed by atoms with E-state index in [1.807, 2.05) is 24.4 Å². The molecule has 30 heavy (non-hydrogen) atoms. The van der Waals surface area contributed by atoms with E-state index >= 15 is 0 Å². The average molecular weight is 454 g/mol. The van der Waals surface area contributed by atoms with Crippen LogP contribution >= 0.6 is 23.1 Å². The third-order valence-electron chi connectivity index (χ3n) is 4.94. The molecule has 4 atom stereocenters. The second-order valence-corrected chi connectivity index (χ2v) is 8.74. The topological polar surface area (TPSA) is 106 Å². The van der Waals surface area contributed by atoms with Crippen LogP contribution in [0.15, 0.2) is 58.0 Å². The molecule has 4 rings (SSSR count).